The molecule has 1 heterocycles. The summed E-state index contributed by atoms with van der Waals surface area (Å²) >= 11 is 12.6. The number of rotatable bonds is 6. The predicted octanol–water partition coefficient (Wildman–Crippen LogP) is 5.84. The normalized spacial score (nSPS) is 16.8. The van der Waals surface area contributed by atoms with E-state index in [1.807, 2.05) is 24.3 Å². The minimum atomic E-state index is -0.841. The van der Waals surface area contributed by atoms with E-state index >= 15 is 0 Å². The summed E-state index contributed by atoms with van der Waals surface area (Å²) in [7, 11) is 0. The number of hydrogen-bond donors (Lipinski definition) is 1. The highest BCUT2D eigenvalue weighted by atomic mass is 35.5. The Bertz CT molecular complexity index is 904. The van der Waals surface area contributed by atoms with E-state index in [-0.39, 0.29) is 12.0 Å². The molecule has 0 unspecified atom stereocenters. The fourth-order valence-corrected chi connectivity index (χ4v) is 4.73. The number of fused-ring (bicyclic) bond motifs is 1. The fraction of sp³-hybridized carbons (Fsp3) is 0.409. The second kappa shape index (κ2) is 7.84. The van der Waals surface area contributed by atoms with Crippen LogP contribution < -0.4 is 9.47 Å². The lowest BCUT2D eigenvalue weighted by molar-refractivity contribution is -0.136. The first-order valence-corrected chi connectivity index (χ1v) is 10.3. The summed E-state index contributed by atoms with van der Waals surface area (Å²) < 4.78 is 12.4. The first kappa shape index (κ1) is 19.4. The number of halogens is 2. The molecule has 1 N–H and O–H groups in total. The number of aliphatic carboxylic acids is 1. The Morgan fingerprint density at radius 1 is 1.14 bits per heavy atom. The summed E-state index contributed by atoms with van der Waals surface area (Å²) in [4.78, 5) is 10.7. The summed E-state index contributed by atoms with van der Waals surface area (Å²) in [5.74, 6) is 0.702. The van der Waals surface area contributed by atoms with Crippen LogP contribution in [0.15, 0.2) is 30.3 Å². The van der Waals surface area contributed by atoms with E-state index in [4.69, 9.17) is 37.8 Å². The number of carbonyl (C=O) groups is 1. The molecule has 6 heteroatoms. The molecule has 0 bridgehead atoms. The smallest absolute Gasteiger partial charge is 0.303 e. The third kappa shape index (κ3) is 4.08. The van der Waals surface area contributed by atoms with Crippen LogP contribution in [0.4, 0.5) is 0 Å². The molecule has 4 nitrogen and oxygen atoms in total. The van der Waals surface area contributed by atoms with E-state index < -0.39 is 5.97 Å². The van der Waals surface area contributed by atoms with Gasteiger partial charge in [0.2, 0.25) is 0 Å². The Morgan fingerprint density at radius 3 is 2.64 bits per heavy atom. The van der Waals surface area contributed by atoms with Crippen molar-refractivity contribution in [3.05, 3.63) is 57.1 Å². The maximum absolute atomic E-state index is 10.7. The summed E-state index contributed by atoms with van der Waals surface area (Å²) in [6.07, 6.45) is 5.96. The molecule has 2 aliphatic rings. The van der Waals surface area contributed by atoms with Crippen molar-refractivity contribution in [3.63, 3.8) is 0 Å². The SMILES string of the molecule is O=C(O)CCc1ccc(OCc2cc(Cl)cc3c2OC2(CCCC2)C3)cc1Cl. The van der Waals surface area contributed by atoms with E-state index in [0.29, 0.717) is 28.8 Å². The van der Waals surface area contributed by atoms with Crippen molar-refractivity contribution in [3.8, 4) is 11.5 Å². The molecule has 0 atom stereocenters. The zero-order valence-electron chi connectivity index (χ0n) is 15.5. The van der Waals surface area contributed by atoms with Crippen molar-refractivity contribution < 1.29 is 19.4 Å². The minimum Gasteiger partial charge on any atom is -0.489 e. The summed E-state index contributed by atoms with van der Waals surface area (Å²) in [5.41, 5.74) is 2.84. The lowest BCUT2D eigenvalue weighted by Gasteiger charge is -2.23. The molecular formula is C22H22Cl2O4. The molecular weight excluding hydrogens is 399 g/mol. The number of benzene rings is 2. The van der Waals surface area contributed by atoms with Crippen molar-refractivity contribution in [2.75, 3.05) is 0 Å². The van der Waals surface area contributed by atoms with Crippen LogP contribution in [0.1, 0.15) is 48.8 Å². The number of carboxylic acids is 1. The van der Waals surface area contributed by atoms with Crippen molar-refractivity contribution in [2.45, 2.75) is 57.2 Å². The molecule has 1 spiro atoms. The van der Waals surface area contributed by atoms with Crippen LogP contribution in [0.3, 0.4) is 0 Å². The lowest BCUT2D eigenvalue weighted by Crippen LogP contribution is -2.30. The number of aryl methyl sites for hydroxylation is 1. The topological polar surface area (TPSA) is 55.8 Å². The number of ether oxygens (including phenoxy) is 2. The fourth-order valence-electron chi connectivity index (χ4n) is 4.20. The van der Waals surface area contributed by atoms with Gasteiger partial charge in [0.15, 0.2) is 0 Å². The molecule has 1 aliphatic carbocycles. The highest BCUT2D eigenvalue weighted by molar-refractivity contribution is 6.31. The van der Waals surface area contributed by atoms with E-state index in [2.05, 4.69) is 0 Å². The Morgan fingerprint density at radius 2 is 1.93 bits per heavy atom. The van der Waals surface area contributed by atoms with Gasteiger partial charge in [-0.1, -0.05) is 29.3 Å². The highest BCUT2D eigenvalue weighted by Gasteiger charge is 2.42. The van der Waals surface area contributed by atoms with Crippen LogP contribution in [0, 0.1) is 0 Å². The summed E-state index contributed by atoms with van der Waals surface area (Å²) in [5, 5.41) is 10.0. The second-order valence-corrected chi connectivity index (χ2v) is 8.50. The molecule has 2 aromatic carbocycles. The van der Waals surface area contributed by atoms with Crippen LogP contribution in [0.25, 0.3) is 0 Å². The third-order valence-electron chi connectivity index (χ3n) is 5.58. The van der Waals surface area contributed by atoms with Crippen LogP contribution >= 0.6 is 23.2 Å². The third-order valence-corrected chi connectivity index (χ3v) is 6.15. The van der Waals surface area contributed by atoms with Gasteiger partial charge in [0.1, 0.15) is 23.7 Å². The summed E-state index contributed by atoms with van der Waals surface area (Å²) in [6.45, 7) is 0.337. The van der Waals surface area contributed by atoms with Crippen molar-refractivity contribution in [2.24, 2.45) is 0 Å². The molecule has 1 saturated carbocycles. The molecule has 2 aromatic rings. The summed E-state index contributed by atoms with van der Waals surface area (Å²) in [6, 6.07) is 9.25. The molecule has 4 rings (SSSR count). The first-order valence-electron chi connectivity index (χ1n) is 9.57. The van der Waals surface area contributed by atoms with Crippen LogP contribution in [-0.2, 0) is 24.2 Å². The van der Waals surface area contributed by atoms with Gasteiger partial charge in [-0.05, 0) is 61.9 Å². The van der Waals surface area contributed by atoms with Gasteiger partial charge in [0.25, 0.3) is 0 Å². The van der Waals surface area contributed by atoms with Crippen molar-refractivity contribution in [1.82, 2.24) is 0 Å². The molecule has 0 amide bonds. The van der Waals surface area contributed by atoms with Crippen LogP contribution in [0.2, 0.25) is 10.0 Å². The van der Waals surface area contributed by atoms with Gasteiger partial charge >= 0.3 is 5.97 Å². The quantitative estimate of drug-likeness (QED) is 0.637. The molecule has 148 valence electrons. The van der Waals surface area contributed by atoms with Crippen molar-refractivity contribution >= 4 is 29.2 Å². The monoisotopic (exact) mass is 420 g/mol. The van der Waals surface area contributed by atoms with E-state index in [1.165, 1.54) is 12.8 Å². The van der Waals surface area contributed by atoms with Crippen molar-refractivity contribution in [1.29, 1.82) is 0 Å². The molecule has 1 aliphatic heterocycles. The maximum atomic E-state index is 10.7. The zero-order chi connectivity index (χ0) is 19.7. The van der Waals surface area contributed by atoms with E-state index in [1.54, 1.807) is 6.07 Å². The molecule has 0 saturated heterocycles. The van der Waals surface area contributed by atoms with Crippen LogP contribution in [-0.4, -0.2) is 16.7 Å². The van der Waals surface area contributed by atoms with Gasteiger partial charge in [-0.15, -0.1) is 0 Å². The highest BCUT2D eigenvalue weighted by Crippen LogP contribution is 2.47. The second-order valence-electron chi connectivity index (χ2n) is 7.66. The Labute approximate surface area is 174 Å². The lowest BCUT2D eigenvalue weighted by atomic mass is 9.95. The molecule has 28 heavy (non-hydrogen) atoms. The van der Waals surface area contributed by atoms with Gasteiger partial charge < -0.3 is 14.6 Å². The first-order chi connectivity index (χ1) is 13.4. The average Bonchev–Trinajstić information content (AvgIpc) is 3.25. The van der Waals surface area contributed by atoms with Gasteiger partial charge in [-0.2, -0.15) is 0 Å². The van der Waals surface area contributed by atoms with Crippen LogP contribution in [0.5, 0.6) is 11.5 Å². The maximum Gasteiger partial charge on any atom is 0.303 e. The van der Waals surface area contributed by atoms with Gasteiger partial charge in [0, 0.05) is 34.0 Å². The van der Waals surface area contributed by atoms with Gasteiger partial charge in [-0.25, -0.2) is 0 Å². The molecule has 0 aromatic heterocycles. The van der Waals surface area contributed by atoms with E-state index in [0.717, 1.165) is 41.7 Å². The van der Waals surface area contributed by atoms with Gasteiger partial charge in [-0.3, -0.25) is 4.79 Å². The van der Waals surface area contributed by atoms with Gasteiger partial charge in [0.05, 0.1) is 0 Å². The molecule has 0 radical (unpaired) electrons. The number of carboxylic acid groups (broad SMARTS) is 1. The predicted molar refractivity (Wildman–Crippen MR) is 109 cm³/mol. The Balaban J connectivity index is 1.47. The average molecular weight is 421 g/mol. The minimum absolute atomic E-state index is 0.0493. The zero-order valence-corrected chi connectivity index (χ0v) is 17.0. The Kier molecular flexibility index (Phi) is 5.44. The Hall–Kier alpha value is -1.91. The molecule has 1 fully saturated rings. The largest absolute Gasteiger partial charge is 0.489 e. The number of hydrogen-bond acceptors (Lipinski definition) is 3. The van der Waals surface area contributed by atoms with E-state index in [9.17, 15) is 4.79 Å². The standard InChI is InChI=1S/C22H22Cl2O4/c23-17-9-15-12-22(7-1-2-8-22)28-21(15)16(10-17)13-27-18-5-3-14(19(24)11-18)4-6-20(25)26/h3,5,9-11H,1-2,4,6-8,12-13H2,(H,25,26).